The second-order valence-electron chi connectivity index (χ2n) is 5.86. The van der Waals surface area contributed by atoms with E-state index < -0.39 is 0 Å². The van der Waals surface area contributed by atoms with Crippen molar-refractivity contribution in [1.82, 2.24) is 20.0 Å². The van der Waals surface area contributed by atoms with Crippen molar-refractivity contribution in [2.24, 2.45) is 11.1 Å². The van der Waals surface area contributed by atoms with E-state index in [2.05, 4.69) is 42.1 Å². The molecule has 2 heterocycles. The zero-order chi connectivity index (χ0) is 13.9. The Kier molecular flexibility index (Phi) is 3.95. The second kappa shape index (κ2) is 5.48. The molecule has 2 aromatic rings. The van der Waals surface area contributed by atoms with E-state index in [-0.39, 0.29) is 11.5 Å². The molecule has 0 aliphatic heterocycles. The largest absolute Gasteiger partial charge is 0.322 e. The minimum absolute atomic E-state index is 0.00971. The van der Waals surface area contributed by atoms with Gasteiger partial charge >= 0.3 is 0 Å². The molecule has 2 aromatic heterocycles. The Bertz CT molecular complexity index is 512. The molecular formula is C14H21N5. The molecule has 0 saturated heterocycles. The zero-order valence-corrected chi connectivity index (χ0v) is 11.7. The van der Waals surface area contributed by atoms with Gasteiger partial charge in [-0.3, -0.25) is 9.67 Å². The van der Waals surface area contributed by atoms with Gasteiger partial charge in [-0.25, -0.2) is 0 Å². The molecule has 5 nitrogen and oxygen atoms in total. The highest BCUT2D eigenvalue weighted by Gasteiger charge is 2.24. The van der Waals surface area contributed by atoms with Gasteiger partial charge < -0.3 is 5.73 Å². The topological polar surface area (TPSA) is 69.6 Å². The summed E-state index contributed by atoms with van der Waals surface area (Å²) < 4.78 is 1.84. The van der Waals surface area contributed by atoms with Crippen LogP contribution in [0.25, 0.3) is 0 Å². The van der Waals surface area contributed by atoms with Crippen molar-refractivity contribution in [3.63, 3.8) is 0 Å². The molecule has 2 rings (SSSR count). The third-order valence-electron chi connectivity index (χ3n) is 3.16. The fourth-order valence-corrected chi connectivity index (χ4v) is 1.80. The van der Waals surface area contributed by atoms with Gasteiger partial charge in [0.2, 0.25) is 0 Å². The SMILES string of the molecule is CC(C)(C)C(N)c1cn(CCc2cccnc2)nn1. The Balaban J connectivity index is 1.98. The van der Waals surface area contributed by atoms with E-state index in [1.807, 2.05) is 23.1 Å². The molecule has 0 aliphatic rings. The fourth-order valence-electron chi connectivity index (χ4n) is 1.80. The van der Waals surface area contributed by atoms with E-state index in [1.54, 1.807) is 6.20 Å². The van der Waals surface area contributed by atoms with Crippen molar-refractivity contribution in [1.29, 1.82) is 0 Å². The molecule has 0 radical (unpaired) electrons. The van der Waals surface area contributed by atoms with Gasteiger partial charge in [-0.1, -0.05) is 32.1 Å². The molecule has 0 saturated carbocycles. The number of nitrogens with two attached hydrogens (primary N) is 1. The summed E-state index contributed by atoms with van der Waals surface area (Å²) in [4.78, 5) is 4.10. The summed E-state index contributed by atoms with van der Waals surface area (Å²) in [5.74, 6) is 0. The number of hydrogen-bond acceptors (Lipinski definition) is 4. The lowest BCUT2D eigenvalue weighted by Crippen LogP contribution is -2.26. The Labute approximate surface area is 113 Å². The molecular weight excluding hydrogens is 238 g/mol. The van der Waals surface area contributed by atoms with Gasteiger partial charge in [0.25, 0.3) is 0 Å². The van der Waals surface area contributed by atoms with E-state index in [4.69, 9.17) is 5.73 Å². The molecule has 0 aliphatic carbocycles. The summed E-state index contributed by atoms with van der Waals surface area (Å²) >= 11 is 0. The van der Waals surface area contributed by atoms with Crippen LogP contribution in [0.4, 0.5) is 0 Å². The van der Waals surface area contributed by atoms with Crippen LogP contribution in [0.5, 0.6) is 0 Å². The van der Waals surface area contributed by atoms with E-state index in [0.717, 1.165) is 18.7 Å². The van der Waals surface area contributed by atoms with E-state index in [0.29, 0.717) is 0 Å². The molecule has 1 atom stereocenters. The van der Waals surface area contributed by atoms with Crippen LogP contribution < -0.4 is 5.73 Å². The molecule has 0 aromatic carbocycles. The molecule has 0 amide bonds. The van der Waals surface area contributed by atoms with Gasteiger partial charge in [-0.2, -0.15) is 0 Å². The van der Waals surface area contributed by atoms with Crippen LogP contribution in [0.15, 0.2) is 30.7 Å². The summed E-state index contributed by atoms with van der Waals surface area (Å²) in [6, 6.07) is 3.91. The number of hydrogen-bond donors (Lipinski definition) is 1. The average molecular weight is 259 g/mol. The second-order valence-corrected chi connectivity index (χ2v) is 5.86. The van der Waals surface area contributed by atoms with Gasteiger partial charge in [0.15, 0.2) is 0 Å². The van der Waals surface area contributed by atoms with E-state index >= 15 is 0 Å². The number of pyridine rings is 1. The van der Waals surface area contributed by atoms with Gasteiger partial charge in [0.05, 0.1) is 17.9 Å². The van der Waals surface area contributed by atoms with Crippen LogP contribution in [0.2, 0.25) is 0 Å². The highest BCUT2D eigenvalue weighted by atomic mass is 15.4. The monoisotopic (exact) mass is 259 g/mol. The fraction of sp³-hybridized carbons (Fsp3) is 0.500. The minimum Gasteiger partial charge on any atom is -0.322 e. The first-order valence-electron chi connectivity index (χ1n) is 6.51. The summed E-state index contributed by atoms with van der Waals surface area (Å²) in [5, 5.41) is 8.30. The van der Waals surface area contributed by atoms with Gasteiger partial charge in [0.1, 0.15) is 0 Å². The van der Waals surface area contributed by atoms with Crippen LogP contribution in [0.1, 0.15) is 38.1 Å². The maximum atomic E-state index is 6.17. The van der Waals surface area contributed by atoms with Crippen molar-refractivity contribution in [3.8, 4) is 0 Å². The first kappa shape index (κ1) is 13.7. The van der Waals surface area contributed by atoms with Gasteiger partial charge in [-0.15, -0.1) is 5.10 Å². The van der Waals surface area contributed by atoms with Crippen LogP contribution in [-0.2, 0) is 13.0 Å². The molecule has 0 fully saturated rings. The van der Waals surface area contributed by atoms with E-state index in [1.165, 1.54) is 5.56 Å². The summed E-state index contributed by atoms with van der Waals surface area (Å²) in [6.07, 6.45) is 6.48. The van der Waals surface area contributed by atoms with Crippen molar-refractivity contribution < 1.29 is 0 Å². The molecule has 1 unspecified atom stereocenters. The minimum atomic E-state index is -0.0976. The third-order valence-corrected chi connectivity index (χ3v) is 3.16. The van der Waals surface area contributed by atoms with E-state index in [9.17, 15) is 0 Å². The third kappa shape index (κ3) is 3.61. The maximum Gasteiger partial charge on any atom is 0.0999 e. The Morgan fingerprint density at radius 2 is 2.16 bits per heavy atom. The lowest BCUT2D eigenvalue weighted by atomic mass is 9.86. The Morgan fingerprint density at radius 3 is 2.79 bits per heavy atom. The molecule has 2 N–H and O–H groups in total. The van der Waals surface area contributed by atoms with Crippen LogP contribution in [-0.4, -0.2) is 20.0 Å². The molecule has 5 heteroatoms. The Hall–Kier alpha value is -1.75. The summed E-state index contributed by atoms with van der Waals surface area (Å²) in [7, 11) is 0. The smallest absolute Gasteiger partial charge is 0.0999 e. The normalized spacial score (nSPS) is 13.5. The van der Waals surface area contributed by atoms with Gasteiger partial charge in [0, 0.05) is 18.9 Å². The van der Waals surface area contributed by atoms with Crippen molar-refractivity contribution in [2.45, 2.75) is 39.8 Å². The van der Waals surface area contributed by atoms with Crippen LogP contribution in [0.3, 0.4) is 0 Å². The maximum absolute atomic E-state index is 6.17. The quantitative estimate of drug-likeness (QED) is 0.911. The van der Waals surface area contributed by atoms with Crippen molar-refractivity contribution in [2.75, 3.05) is 0 Å². The molecule has 0 spiro atoms. The van der Waals surface area contributed by atoms with Crippen LogP contribution >= 0.6 is 0 Å². The first-order chi connectivity index (χ1) is 8.97. The number of aromatic nitrogens is 4. The standard InChI is InChI=1S/C14H21N5/c1-14(2,3)13(15)12-10-19(18-17-12)8-6-11-5-4-7-16-9-11/h4-5,7,9-10,13H,6,8,15H2,1-3H3. The molecule has 0 bridgehead atoms. The molecule has 102 valence electrons. The summed E-state index contributed by atoms with van der Waals surface area (Å²) in [6.45, 7) is 7.10. The number of rotatable bonds is 4. The van der Waals surface area contributed by atoms with Crippen molar-refractivity contribution in [3.05, 3.63) is 42.0 Å². The van der Waals surface area contributed by atoms with Crippen molar-refractivity contribution >= 4 is 0 Å². The lowest BCUT2D eigenvalue weighted by molar-refractivity contribution is 0.321. The zero-order valence-electron chi connectivity index (χ0n) is 11.7. The van der Waals surface area contributed by atoms with Gasteiger partial charge in [-0.05, 0) is 23.5 Å². The predicted octanol–water partition coefficient (Wildman–Crippen LogP) is 1.96. The highest BCUT2D eigenvalue weighted by molar-refractivity contribution is 5.09. The average Bonchev–Trinajstić information content (AvgIpc) is 2.84. The lowest BCUT2D eigenvalue weighted by Gasteiger charge is -2.24. The number of nitrogens with zero attached hydrogens (tertiary/aromatic N) is 4. The first-order valence-corrected chi connectivity index (χ1v) is 6.51. The summed E-state index contributed by atoms with van der Waals surface area (Å²) in [5.41, 5.74) is 8.20. The Morgan fingerprint density at radius 1 is 1.37 bits per heavy atom. The van der Waals surface area contributed by atoms with Crippen LogP contribution in [0, 0.1) is 5.41 Å². The highest BCUT2D eigenvalue weighted by Crippen LogP contribution is 2.28. The molecule has 19 heavy (non-hydrogen) atoms. The predicted molar refractivity (Wildman–Crippen MR) is 74.3 cm³/mol. The number of aryl methyl sites for hydroxylation is 2.